The van der Waals surface area contributed by atoms with Crippen LogP contribution < -0.4 is 10.4 Å². The standard InChI is InChI=1S/C28H34F2O3Si/c1-27(2,3)34(25-15-9-5-10-16-25,26-17-11-6-12-18-26)33-20-19-28(29,30)22-32-23-31-21-24-13-7-4-8-14-24/h4-18H,19-23H2,1-3H3. The monoisotopic (exact) mass is 484 g/mol. The molecule has 0 aromatic heterocycles. The number of hydrogen-bond donors (Lipinski definition) is 0. The molecule has 0 heterocycles. The van der Waals surface area contributed by atoms with E-state index in [0.717, 1.165) is 15.9 Å². The van der Waals surface area contributed by atoms with Crippen molar-refractivity contribution in [2.75, 3.05) is 20.0 Å². The summed E-state index contributed by atoms with van der Waals surface area (Å²) >= 11 is 0. The SMILES string of the molecule is CC(C)(C)[Si](OCCC(F)(F)COCOCc1ccccc1)(c1ccccc1)c1ccccc1. The molecule has 3 aromatic carbocycles. The number of benzene rings is 3. The second kappa shape index (κ2) is 11.8. The van der Waals surface area contributed by atoms with Gasteiger partial charge < -0.3 is 13.9 Å². The molecule has 0 radical (unpaired) electrons. The van der Waals surface area contributed by atoms with E-state index in [1.54, 1.807) is 0 Å². The Hall–Kier alpha value is -2.38. The van der Waals surface area contributed by atoms with Gasteiger partial charge in [0.2, 0.25) is 0 Å². The average molecular weight is 485 g/mol. The highest BCUT2D eigenvalue weighted by molar-refractivity contribution is 6.99. The molecule has 0 saturated heterocycles. The molecule has 3 rings (SSSR count). The number of alkyl halides is 2. The molecule has 0 spiro atoms. The Morgan fingerprint density at radius 3 is 1.71 bits per heavy atom. The highest BCUT2D eigenvalue weighted by Gasteiger charge is 2.50. The van der Waals surface area contributed by atoms with Gasteiger partial charge in [-0.15, -0.1) is 0 Å². The molecule has 3 aromatic rings. The molecule has 0 atom stereocenters. The summed E-state index contributed by atoms with van der Waals surface area (Å²) < 4.78 is 46.2. The van der Waals surface area contributed by atoms with Crippen LogP contribution >= 0.6 is 0 Å². The summed E-state index contributed by atoms with van der Waals surface area (Å²) in [5.74, 6) is -3.01. The maximum Gasteiger partial charge on any atom is 0.273 e. The van der Waals surface area contributed by atoms with Crippen LogP contribution in [0.2, 0.25) is 5.04 Å². The Morgan fingerprint density at radius 2 is 1.21 bits per heavy atom. The van der Waals surface area contributed by atoms with Gasteiger partial charge in [-0.3, -0.25) is 0 Å². The van der Waals surface area contributed by atoms with Crippen LogP contribution in [0.1, 0.15) is 32.8 Å². The zero-order chi connectivity index (χ0) is 24.5. The average Bonchev–Trinajstić information content (AvgIpc) is 2.82. The molecule has 0 aliphatic carbocycles. The lowest BCUT2D eigenvalue weighted by Gasteiger charge is -2.43. The maximum atomic E-state index is 14.6. The van der Waals surface area contributed by atoms with Gasteiger partial charge in [0.25, 0.3) is 14.2 Å². The van der Waals surface area contributed by atoms with Crippen LogP contribution in [0.5, 0.6) is 0 Å². The topological polar surface area (TPSA) is 27.7 Å². The van der Waals surface area contributed by atoms with Crippen molar-refractivity contribution >= 4 is 18.7 Å². The molecule has 182 valence electrons. The fraction of sp³-hybridized carbons (Fsp3) is 0.357. The molecule has 0 aliphatic rings. The van der Waals surface area contributed by atoms with Crippen LogP contribution in [-0.2, 0) is 20.5 Å². The van der Waals surface area contributed by atoms with E-state index in [1.807, 2.05) is 66.7 Å². The van der Waals surface area contributed by atoms with E-state index in [-0.39, 0.29) is 18.4 Å². The molecule has 0 amide bonds. The van der Waals surface area contributed by atoms with Gasteiger partial charge in [0, 0.05) is 13.0 Å². The van der Waals surface area contributed by atoms with Crippen molar-refractivity contribution in [3.05, 3.63) is 96.6 Å². The van der Waals surface area contributed by atoms with Gasteiger partial charge >= 0.3 is 0 Å². The first-order valence-electron chi connectivity index (χ1n) is 11.6. The predicted octanol–water partition coefficient (Wildman–Crippen LogP) is 5.78. The van der Waals surface area contributed by atoms with Crippen LogP contribution in [0, 0.1) is 0 Å². The van der Waals surface area contributed by atoms with Gasteiger partial charge in [-0.25, -0.2) is 8.78 Å². The quantitative estimate of drug-likeness (QED) is 0.185. The summed E-state index contributed by atoms with van der Waals surface area (Å²) in [6, 6.07) is 29.6. The van der Waals surface area contributed by atoms with Crippen molar-refractivity contribution in [2.45, 2.75) is 44.8 Å². The third-order valence-electron chi connectivity index (χ3n) is 5.79. The van der Waals surface area contributed by atoms with E-state index in [1.165, 1.54) is 0 Å². The Labute approximate surface area is 202 Å². The lowest BCUT2D eigenvalue weighted by molar-refractivity contribution is -0.139. The maximum absolute atomic E-state index is 14.6. The molecule has 34 heavy (non-hydrogen) atoms. The van der Waals surface area contributed by atoms with Crippen LogP contribution in [0.15, 0.2) is 91.0 Å². The third-order valence-corrected chi connectivity index (χ3v) is 10.8. The first kappa shape index (κ1) is 26.2. The van der Waals surface area contributed by atoms with Crippen LogP contribution in [0.3, 0.4) is 0 Å². The van der Waals surface area contributed by atoms with Gasteiger partial charge in [0.1, 0.15) is 13.4 Å². The minimum Gasteiger partial charge on any atom is -0.407 e. The smallest absolute Gasteiger partial charge is 0.273 e. The summed E-state index contributed by atoms with van der Waals surface area (Å²) in [6.07, 6.45) is -0.420. The van der Waals surface area contributed by atoms with E-state index in [0.29, 0.717) is 6.61 Å². The summed E-state index contributed by atoms with van der Waals surface area (Å²) in [6.45, 7) is 5.77. The third kappa shape index (κ3) is 6.82. The van der Waals surface area contributed by atoms with E-state index in [2.05, 4.69) is 45.0 Å². The fourth-order valence-corrected chi connectivity index (χ4v) is 8.73. The van der Waals surface area contributed by atoms with Crippen molar-refractivity contribution in [1.82, 2.24) is 0 Å². The molecular formula is C28H34F2O3Si. The molecule has 0 bridgehead atoms. The number of ether oxygens (including phenoxy) is 2. The minimum absolute atomic E-state index is 0.0610. The Bertz CT molecular complexity index is 937. The van der Waals surface area contributed by atoms with E-state index in [4.69, 9.17) is 13.9 Å². The van der Waals surface area contributed by atoms with Crippen molar-refractivity contribution < 1.29 is 22.7 Å². The van der Waals surface area contributed by atoms with Gasteiger partial charge in [0.15, 0.2) is 0 Å². The molecule has 0 unspecified atom stereocenters. The normalized spacial score (nSPS) is 12.6. The largest absolute Gasteiger partial charge is 0.407 e. The van der Waals surface area contributed by atoms with Crippen LogP contribution in [0.4, 0.5) is 8.78 Å². The Morgan fingerprint density at radius 1 is 0.706 bits per heavy atom. The fourth-order valence-electron chi connectivity index (χ4n) is 4.17. The van der Waals surface area contributed by atoms with Crippen LogP contribution in [-0.4, -0.2) is 34.2 Å². The van der Waals surface area contributed by atoms with Crippen LogP contribution in [0.25, 0.3) is 0 Å². The molecule has 0 N–H and O–H groups in total. The van der Waals surface area contributed by atoms with Gasteiger partial charge in [-0.2, -0.15) is 0 Å². The minimum atomic E-state index is -3.01. The number of halogens is 2. The van der Waals surface area contributed by atoms with Gasteiger partial charge in [-0.1, -0.05) is 112 Å². The summed E-state index contributed by atoms with van der Waals surface area (Å²) in [5, 5.41) is 1.89. The van der Waals surface area contributed by atoms with Crippen molar-refractivity contribution in [2.24, 2.45) is 0 Å². The number of hydrogen-bond acceptors (Lipinski definition) is 3. The first-order chi connectivity index (χ1) is 16.2. The Kier molecular flexibility index (Phi) is 9.14. The second-order valence-corrected chi connectivity index (χ2v) is 13.7. The molecule has 0 fully saturated rings. The summed E-state index contributed by atoms with van der Waals surface area (Å²) in [4.78, 5) is 0. The van der Waals surface area contributed by atoms with E-state index in [9.17, 15) is 8.78 Å². The number of rotatable bonds is 12. The van der Waals surface area contributed by atoms with E-state index < -0.39 is 27.3 Å². The second-order valence-electron chi connectivity index (χ2n) is 9.42. The van der Waals surface area contributed by atoms with Crippen molar-refractivity contribution in [3.8, 4) is 0 Å². The highest BCUT2D eigenvalue weighted by Crippen LogP contribution is 2.37. The van der Waals surface area contributed by atoms with Gasteiger partial charge in [-0.05, 0) is 21.0 Å². The molecular weight excluding hydrogens is 450 g/mol. The molecule has 0 aliphatic heterocycles. The zero-order valence-corrected chi connectivity index (χ0v) is 21.2. The lowest BCUT2D eigenvalue weighted by Crippen LogP contribution is -2.66. The van der Waals surface area contributed by atoms with E-state index >= 15 is 0 Å². The predicted molar refractivity (Wildman–Crippen MR) is 135 cm³/mol. The van der Waals surface area contributed by atoms with Gasteiger partial charge in [0.05, 0.1) is 6.61 Å². The zero-order valence-electron chi connectivity index (χ0n) is 20.2. The summed E-state index contributed by atoms with van der Waals surface area (Å²) in [7, 11) is -2.83. The van der Waals surface area contributed by atoms with Crippen molar-refractivity contribution in [3.63, 3.8) is 0 Å². The molecule has 0 saturated carbocycles. The molecule has 3 nitrogen and oxygen atoms in total. The van der Waals surface area contributed by atoms with Crippen molar-refractivity contribution in [1.29, 1.82) is 0 Å². The summed E-state index contributed by atoms with van der Waals surface area (Å²) in [5.41, 5.74) is 0.969. The molecule has 6 heteroatoms. The highest BCUT2D eigenvalue weighted by atomic mass is 28.4. The Balaban J connectivity index is 1.62. The first-order valence-corrected chi connectivity index (χ1v) is 13.5. The lowest BCUT2D eigenvalue weighted by atomic mass is 10.2.